The molecule has 0 amide bonds. The first-order valence-electron chi connectivity index (χ1n) is 3.56. The van der Waals surface area contributed by atoms with Crippen LogP contribution in [0.15, 0.2) is 0 Å². The molecule has 1 rings (SSSR count). The maximum Gasteiger partial charge on any atom is 0.180 e. The number of hydrogen-bond donors (Lipinski definition) is 4. The van der Waals surface area contributed by atoms with Crippen molar-refractivity contribution in [1.82, 2.24) is 0 Å². The van der Waals surface area contributed by atoms with Crippen LogP contribution < -0.4 is 0 Å². The molecule has 2 atom stereocenters. The molecule has 0 radical (unpaired) electrons. The fourth-order valence-electron chi connectivity index (χ4n) is 0.916. The summed E-state index contributed by atoms with van der Waals surface area (Å²) in [6.07, 6.45) is -5.14. The normalized spacial score (nSPS) is 31.5. The lowest BCUT2D eigenvalue weighted by Crippen LogP contribution is -2.47. The van der Waals surface area contributed by atoms with E-state index >= 15 is 0 Å². The lowest BCUT2D eigenvalue weighted by Gasteiger charge is -2.31. The summed E-state index contributed by atoms with van der Waals surface area (Å²) in [5.74, 6) is 0. The van der Waals surface area contributed by atoms with E-state index in [2.05, 4.69) is 0 Å². The number of ether oxygens (including phenoxy) is 2. The lowest BCUT2D eigenvalue weighted by molar-refractivity contribution is -0.264. The van der Waals surface area contributed by atoms with E-state index in [1.54, 1.807) is 0 Å². The minimum atomic E-state index is -1.66. The van der Waals surface area contributed by atoms with E-state index in [1.807, 2.05) is 0 Å². The summed E-state index contributed by atoms with van der Waals surface area (Å²) >= 11 is 0. The molecule has 4 N–H and O–H groups in total. The van der Waals surface area contributed by atoms with E-state index in [0.717, 1.165) is 0 Å². The summed E-state index contributed by atoms with van der Waals surface area (Å²) < 4.78 is 9.74. The van der Waals surface area contributed by atoms with Gasteiger partial charge in [-0.2, -0.15) is 0 Å². The summed E-state index contributed by atoms with van der Waals surface area (Å²) in [7, 11) is 0. The second-order valence-corrected chi connectivity index (χ2v) is 2.58. The smallest absolute Gasteiger partial charge is 0.180 e. The molecule has 0 aromatic carbocycles. The average Bonchev–Trinajstić information content (AvgIpc) is 2.04. The van der Waals surface area contributed by atoms with Gasteiger partial charge in [0, 0.05) is 0 Å². The molecule has 0 bridgehead atoms. The third-order valence-electron chi connectivity index (χ3n) is 1.58. The molecule has 72 valence electrons. The maximum absolute atomic E-state index is 8.66. The Bertz CT molecular complexity index is 122. The molecule has 0 aromatic heterocycles. The van der Waals surface area contributed by atoms with Gasteiger partial charge in [0.2, 0.25) is 0 Å². The Balaban J connectivity index is 2.40. The largest absolute Gasteiger partial charge is 0.376 e. The van der Waals surface area contributed by atoms with Gasteiger partial charge < -0.3 is 29.9 Å². The molecule has 0 spiro atoms. The molecule has 1 saturated heterocycles. The molecular weight excluding hydrogens is 168 g/mol. The van der Waals surface area contributed by atoms with Gasteiger partial charge in [-0.1, -0.05) is 0 Å². The Labute approximate surface area is 69.0 Å². The topological polar surface area (TPSA) is 99.4 Å². The van der Waals surface area contributed by atoms with E-state index in [1.165, 1.54) is 0 Å². The van der Waals surface area contributed by atoms with Crippen molar-refractivity contribution in [1.29, 1.82) is 0 Å². The number of aliphatic hydroxyl groups excluding tert-OH is 2. The third kappa shape index (κ3) is 2.37. The molecule has 1 aliphatic heterocycles. The first kappa shape index (κ1) is 9.85. The van der Waals surface area contributed by atoms with E-state index in [9.17, 15) is 0 Å². The standard InChI is InChI=1S/C6H12O6/c7-5(8)3-1-11-2-4(12-3)6(9)10/h3-10H,1-2H2. The van der Waals surface area contributed by atoms with Crippen molar-refractivity contribution >= 4 is 0 Å². The van der Waals surface area contributed by atoms with Crippen molar-refractivity contribution in [2.45, 2.75) is 24.8 Å². The molecule has 0 saturated carbocycles. The van der Waals surface area contributed by atoms with Crippen LogP contribution in [-0.4, -0.2) is 58.4 Å². The third-order valence-corrected chi connectivity index (χ3v) is 1.58. The van der Waals surface area contributed by atoms with Crippen LogP contribution in [0.5, 0.6) is 0 Å². The number of aliphatic hydroxyl groups is 4. The van der Waals surface area contributed by atoms with Gasteiger partial charge in [-0.15, -0.1) is 0 Å². The molecule has 0 aliphatic carbocycles. The summed E-state index contributed by atoms with van der Waals surface area (Å²) in [5, 5.41) is 34.7. The van der Waals surface area contributed by atoms with Gasteiger partial charge in [0.15, 0.2) is 12.6 Å². The minimum absolute atomic E-state index is 0.0425. The van der Waals surface area contributed by atoms with Crippen LogP contribution in [0.3, 0.4) is 0 Å². The molecule has 1 fully saturated rings. The first-order valence-corrected chi connectivity index (χ1v) is 3.56. The number of hydrogen-bond acceptors (Lipinski definition) is 6. The van der Waals surface area contributed by atoms with Gasteiger partial charge >= 0.3 is 0 Å². The lowest BCUT2D eigenvalue weighted by atomic mass is 10.2. The zero-order chi connectivity index (χ0) is 9.14. The highest BCUT2D eigenvalue weighted by Crippen LogP contribution is 2.11. The maximum atomic E-state index is 8.66. The second-order valence-electron chi connectivity index (χ2n) is 2.58. The molecule has 12 heavy (non-hydrogen) atoms. The van der Waals surface area contributed by atoms with Gasteiger partial charge in [-0.05, 0) is 0 Å². The highest BCUT2D eigenvalue weighted by molar-refractivity contribution is 4.70. The Morgan fingerprint density at radius 3 is 1.67 bits per heavy atom. The minimum Gasteiger partial charge on any atom is -0.376 e. The van der Waals surface area contributed by atoms with Crippen molar-refractivity contribution in [3.05, 3.63) is 0 Å². The van der Waals surface area contributed by atoms with Crippen molar-refractivity contribution in [3.8, 4) is 0 Å². The van der Waals surface area contributed by atoms with Gasteiger partial charge in [-0.3, -0.25) is 0 Å². The highest BCUT2D eigenvalue weighted by Gasteiger charge is 2.30. The average molecular weight is 180 g/mol. The molecule has 6 heteroatoms. The van der Waals surface area contributed by atoms with E-state index in [4.69, 9.17) is 29.9 Å². The van der Waals surface area contributed by atoms with Crippen molar-refractivity contribution in [2.75, 3.05) is 13.2 Å². The predicted octanol–water partition coefficient (Wildman–Crippen LogP) is -2.61. The quantitative estimate of drug-likeness (QED) is 0.347. The van der Waals surface area contributed by atoms with Gasteiger partial charge in [0.1, 0.15) is 12.2 Å². The second kappa shape index (κ2) is 4.13. The SMILES string of the molecule is OC(O)C1COCC(C(O)O)O1. The Morgan fingerprint density at radius 1 is 0.917 bits per heavy atom. The molecule has 1 heterocycles. The molecule has 6 nitrogen and oxygen atoms in total. The molecular formula is C6H12O6. The van der Waals surface area contributed by atoms with Gasteiger partial charge in [0.05, 0.1) is 13.2 Å². The van der Waals surface area contributed by atoms with E-state index < -0.39 is 24.8 Å². The first-order chi connectivity index (χ1) is 5.61. The summed E-state index contributed by atoms with van der Waals surface area (Å²) in [5.41, 5.74) is 0. The van der Waals surface area contributed by atoms with Crippen LogP contribution >= 0.6 is 0 Å². The van der Waals surface area contributed by atoms with Crippen molar-refractivity contribution < 1.29 is 29.9 Å². The highest BCUT2D eigenvalue weighted by atomic mass is 16.6. The van der Waals surface area contributed by atoms with Crippen LogP contribution in [0.4, 0.5) is 0 Å². The van der Waals surface area contributed by atoms with Crippen LogP contribution in [-0.2, 0) is 9.47 Å². The van der Waals surface area contributed by atoms with Gasteiger partial charge in [0.25, 0.3) is 0 Å². The summed E-state index contributed by atoms with van der Waals surface area (Å²) in [6, 6.07) is 0. The van der Waals surface area contributed by atoms with Crippen molar-refractivity contribution in [2.24, 2.45) is 0 Å². The zero-order valence-corrected chi connectivity index (χ0v) is 6.33. The number of rotatable bonds is 2. The fraction of sp³-hybridized carbons (Fsp3) is 1.00. The van der Waals surface area contributed by atoms with Crippen LogP contribution in [0, 0.1) is 0 Å². The van der Waals surface area contributed by atoms with E-state index in [-0.39, 0.29) is 13.2 Å². The van der Waals surface area contributed by atoms with Gasteiger partial charge in [-0.25, -0.2) is 0 Å². The van der Waals surface area contributed by atoms with Crippen LogP contribution in [0.2, 0.25) is 0 Å². The Kier molecular flexibility index (Phi) is 3.39. The Morgan fingerprint density at radius 2 is 1.33 bits per heavy atom. The zero-order valence-electron chi connectivity index (χ0n) is 6.33. The Hall–Kier alpha value is -0.240. The fourth-order valence-corrected chi connectivity index (χ4v) is 0.916. The summed E-state index contributed by atoms with van der Waals surface area (Å²) in [4.78, 5) is 0. The molecule has 2 unspecified atom stereocenters. The monoisotopic (exact) mass is 180 g/mol. The summed E-state index contributed by atoms with van der Waals surface area (Å²) in [6.45, 7) is 0.0851. The van der Waals surface area contributed by atoms with E-state index in [0.29, 0.717) is 0 Å². The van der Waals surface area contributed by atoms with Crippen molar-refractivity contribution in [3.63, 3.8) is 0 Å². The molecule has 0 aromatic rings. The molecule has 1 aliphatic rings. The van der Waals surface area contributed by atoms with Crippen LogP contribution in [0.1, 0.15) is 0 Å². The van der Waals surface area contributed by atoms with Crippen LogP contribution in [0.25, 0.3) is 0 Å². The predicted molar refractivity (Wildman–Crippen MR) is 35.9 cm³/mol.